The van der Waals surface area contributed by atoms with Crippen molar-refractivity contribution in [3.8, 4) is 11.1 Å². The highest BCUT2D eigenvalue weighted by atomic mass is 16.5. The zero-order chi connectivity index (χ0) is 20.2. The molecule has 4 heteroatoms. The summed E-state index contributed by atoms with van der Waals surface area (Å²) in [6, 6.07) is 13.1. The maximum atomic E-state index is 6.04. The Bertz CT molecular complexity index is 776. The molecule has 2 aliphatic heterocycles. The number of ether oxygens (including phenoxy) is 1. The number of rotatable bonds is 9. The second-order valence-electron chi connectivity index (χ2n) is 9.46. The van der Waals surface area contributed by atoms with Gasteiger partial charge in [0.05, 0.1) is 6.61 Å². The minimum absolute atomic E-state index is 0.823. The van der Waals surface area contributed by atoms with Crippen molar-refractivity contribution in [2.45, 2.75) is 32.2 Å². The molecule has 1 saturated carbocycles. The molecule has 30 heavy (non-hydrogen) atoms. The van der Waals surface area contributed by atoms with E-state index >= 15 is 0 Å². The molecule has 1 aromatic heterocycles. The Morgan fingerprint density at radius 2 is 1.70 bits per heavy atom. The standard InChI is InChI=1S/C26H35N3O/c1-2-12-28(13-3-1)14-5-15-30-20-26-24-18-29(19-25(24)26)17-21-7-9-22(10-8-21)23-6-4-11-27-16-23/h4,6-11,16,24-26H,1-3,5,12-15,17-20H2. The molecule has 3 heterocycles. The van der Waals surface area contributed by atoms with E-state index in [4.69, 9.17) is 4.74 Å². The Kier molecular flexibility index (Phi) is 6.45. The van der Waals surface area contributed by atoms with Crippen molar-refractivity contribution < 1.29 is 4.74 Å². The van der Waals surface area contributed by atoms with Crippen LogP contribution in [0.2, 0.25) is 0 Å². The Hall–Kier alpha value is -1.75. The van der Waals surface area contributed by atoms with E-state index < -0.39 is 0 Å². The maximum Gasteiger partial charge on any atom is 0.0500 e. The predicted molar refractivity (Wildman–Crippen MR) is 121 cm³/mol. The van der Waals surface area contributed by atoms with Crippen LogP contribution in [0.1, 0.15) is 31.2 Å². The Morgan fingerprint density at radius 3 is 2.43 bits per heavy atom. The smallest absolute Gasteiger partial charge is 0.0500 e. The summed E-state index contributed by atoms with van der Waals surface area (Å²) >= 11 is 0. The second kappa shape index (κ2) is 9.59. The van der Waals surface area contributed by atoms with Crippen LogP contribution in [0.4, 0.5) is 0 Å². The van der Waals surface area contributed by atoms with Gasteiger partial charge in [-0.05, 0) is 72.9 Å². The van der Waals surface area contributed by atoms with Crippen LogP contribution in [0.3, 0.4) is 0 Å². The third-order valence-corrected chi connectivity index (χ3v) is 7.32. The minimum Gasteiger partial charge on any atom is -0.381 e. The van der Waals surface area contributed by atoms with Crippen LogP contribution in [0, 0.1) is 17.8 Å². The summed E-state index contributed by atoms with van der Waals surface area (Å²) in [5.41, 5.74) is 3.84. The molecule has 4 nitrogen and oxygen atoms in total. The van der Waals surface area contributed by atoms with Crippen LogP contribution in [-0.4, -0.2) is 60.7 Å². The molecule has 1 aromatic carbocycles. The van der Waals surface area contributed by atoms with Crippen LogP contribution in [0.25, 0.3) is 11.1 Å². The number of hydrogen-bond donors (Lipinski definition) is 0. The monoisotopic (exact) mass is 405 g/mol. The summed E-state index contributed by atoms with van der Waals surface area (Å²) in [6.07, 6.45) is 9.15. The van der Waals surface area contributed by atoms with Gasteiger partial charge in [-0.25, -0.2) is 0 Å². The molecular weight excluding hydrogens is 370 g/mol. The SMILES string of the molecule is c1cncc(-c2ccc(CN3CC4C(COCCCN5CCCCC5)C4C3)cc2)c1. The summed E-state index contributed by atoms with van der Waals surface area (Å²) < 4.78 is 6.04. The highest BCUT2D eigenvalue weighted by Crippen LogP contribution is 2.52. The number of hydrogen-bond acceptors (Lipinski definition) is 4. The number of aromatic nitrogens is 1. The van der Waals surface area contributed by atoms with E-state index in [-0.39, 0.29) is 0 Å². The number of nitrogens with zero attached hydrogens (tertiary/aromatic N) is 3. The zero-order valence-electron chi connectivity index (χ0n) is 18.1. The lowest BCUT2D eigenvalue weighted by Gasteiger charge is -2.26. The van der Waals surface area contributed by atoms with Gasteiger partial charge < -0.3 is 9.64 Å². The lowest BCUT2D eigenvalue weighted by atomic mass is 10.1. The van der Waals surface area contributed by atoms with Gasteiger partial charge in [-0.1, -0.05) is 36.8 Å². The van der Waals surface area contributed by atoms with Gasteiger partial charge in [-0.3, -0.25) is 9.88 Å². The molecule has 0 bridgehead atoms. The summed E-state index contributed by atoms with van der Waals surface area (Å²) in [6.45, 7) is 9.33. The first-order valence-electron chi connectivity index (χ1n) is 11.9. The molecule has 3 aliphatic rings. The summed E-state index contributed by atoms with van der Waals surface area (Å²) in [5, 5.41) is 0. The van der Waals surface area contributed by atoms with Gasteiger partial charge in [0.15, 0.2) is 0 Å². The third-order valence-electron chi connectivity index (χ3n) is 7.32. The van der Waals surface area contributed by atoms with Crippen molar-refractivity contribution in [2.24, 2.45) is 17.8 Å². The van der Waals surface area contributed by atoms with Crippen molar-refractivity contribution >= 4 is 0 Å². The lowest BCUT2D eigenvalue weighted by Crippen LogP contribution is -2.31. The van der Waals surface area contributed by atoms with E-state index in [1.54, 1.807) is 0 Å². The average Bonchev–Trinajstić information content (AvgIpc) is 3.25. The molecule has 0 radical (unpaired) electrons. The average molecular weight is 406 g/mol. The summed E-state index contributed by atoms with van der Waals surface area (Å²) in [5.74, 6) is 2.58. The number of piperidine rings is 2. The quantitative estimate of drug-likeness (QED) is 0.581. The number of benzene rings is 1. The Balaban J connectivity index is 0.984. The van der Waals surface area contributed by atoms with Gasteiger partial charge in [0.25, 0.3) is 0 Å². The van der Waals surface area contributed by atoms with Gasteiger partial charge in [0, 0.05) is 45.2 Å². The van der Waals surface area contributed by atoms with E-state index in [1.807, 2.05) is 18.5 Å². The molecule has 3 fully saturated rings. The normalized spacial score (nSPS) is 26.6. The van der Waals surface area contributed by atoms with Gasteiger partial charge in [0.2, 0.25) is 0 Å². The Morgan fingerprint density at radius 1 is 0.900 bits per heavy atom. The number of fused-ring (bicyclic) bond motifs is 1. The highest BCUT2D eigenvalue weighted by Gasteiger charge is 2.55. The van der Waals surface area contributed by atoms with Gasteiger partial charge in [0.1, 0.15) is 0 Å². The molecular formula is C26H35N3O. The van der Waals surface area contributed by atoms with Crippen molar-refractivity contribution in [1.82, 2.24) is 14.8 Å². The maximum absolute atomic E-state index is 6.04. The van der Waals surface area contributed by atoms with Gasteiger partial charge in [-0.2, -0.15) is 0 Å². The fraction of sp³-hybridized carbons (Fsp3) is 0.577. The zero-order valence-corrected chi connectivity index (χ0v) is 18.1. The van der Waals surface area contributed by atoms with Crippen LogP contribution in [0.5, 0.6) is 0 Å². The number of likely N-dealkylation sites (tertiary alicyclic amines) is 2. The summed E-state index contributed by atoms with van der Waals surface area (Å²) in [4.78, 5) is 9.46. The molecule has 2 atom stereocenters. The first-order chi connectivity index (χ1) is 14.9. The van der Waals surface area contributed by atoms with E-state index in [0.29, 0.717) is 0 Å². The van der Waals surface area contributed by atoms with Crippen molar-refractivity contribution in [3.05, 3.63) is 54.4 Å². The highest BCUT2D eigenvalue weighted by molar-refractivity contribution is 5.62. The van der Waals surface area contributed by atoms with E-state index in [1.165, 1.54) is 75.1 Å². The first kappa shape index (κ1) is 20.2. The second-order valence-corrected chi connectivity index (χ2v) is 9.46. The first-order valence-corrected chi connectivity index (χ1v) is 11.9. The molecule has 2 saturated heterocycles. The molecule has 1 aliphatic carbocycles. The molecule has 5 rings (SSSR count). The van der Waals surface area contributed by atoms with Crippen molar-refractivity contribution in [1.29, 1.82) is 0 Å². The van der Waals surface area contributed by atoms with Crippen LogP contribution in [0.15, 0.2) is 48.8 Å². The lowest BCUT2D eigenvalue weighted by molar-refractivity contribution is 0.0967. The van der Waals surface area contributed by atoms with Gasteiger partial charge >= 0.3 is 0 Å². The molecule has 0 amide bonds. The fourth-order valence-electron chi connectivity index (χ4n) is 5.50. The fourth-order valence-corrected chi connectivity index (χ4v) is 5.50. The van der Waals surface area contributed by atoms with Crippen molar-refractivity contribution in [3.63, 3.8) is 0 Å². The minimum atomic E-state index is 0.823. The molecule has 2 aromatic rings. The molecule has 160 valence electrons. The van der Waals surface area contributed by atoms with E-state index in [0.717, 1.165) is 37.5 Å². The van der Waals surface area contributed by atoms with Crippen LogP contribution in [-0.2, 0) is 11.3 Å². The molecule has 2 unspecified atom stereocenters. The van der Waals surface area contributed by atoms with Crippen LogP contribution >= 0.6 is 0 Å². The predicted octanol–water partition coefficient (Wildman–Crippen LogP) is 4.32. The van der Waals surface area contributed by atoms with E-state index in [9.17, 15) is 0 Å². The largest absolute Gasteiger partial charge is 0.381 e. The van der Waals surface area contributed by atoms with Crippen LogP contribution < -0.4 is 0 Å². The molecule has 0 spiro atoms. The third kappa shape index (κ3) is 4.93. The Labute approximate surface area is 181 Å². The topological polar surface area (TPSA) is 28.6 Å². The van der Waals surface area contributed by atoms with Gasteiger partial charge in [-0.15, -0.1) is 0 Å². The number of pyridine rings is 1. The van der Waals surface area contributed by atoms with E-state index in [2.05, 4.69) is 45.1 Å². The molecule has 0 N–H and O–H groups in total. The van der Waals surface area contributed by atoms with Crippen molar-refractivity contribution in [2.75, 3.05) is 45.9 Å². The summed E-state index contributed by atoms with van der Waals surface area (Å²) in [7, 11) is 0.